The van der Waals surface area contributed by atoms with Crippen LogP contribution in [0, 0.1) is 0 Å². The lowest BCUT2D eigenvalue weighted by Gasteiger charge is -2.22. The molecule has 0 saturated heterocycles. The Bertz CT molecular complexity index is 984. The predicted octanol–water partition coefficient (Wildman–Crippen LogP) is 1.18. The van der Waals surface area contributed by atoms with Gasteiger partial charge in [-0.3, -0.25) is 4.57 Å². The summed E-state index contributed by atoms with van der Waals surface area (Å²) in [7, 11) is 2.07. The van der Waals surface area contributed by atoms with Gasteiger partial charge in [-0.05, 0) is 32.4 Å². The molecule has 1 heterocycles. The van der Waals surface area contributed by atoms with Crippen LogP contribution in [0.4, 0.5) is 0 Å². The summed E-state index contributed by atoms with van der Waals surface area (Å²) in [5.41, 5.74) is -0.419. The molecule has 0 aliphatic heterocycles. The van der Waals surface area contributed by atoms with E-state index in [1.54, 1.807) is 6.07 Å². The molecule has 0 aliphatic rings. The zero-order valence-electron chi connectivity index (χ0n) is 16.7. The topological polar surface area (TPSA) is 107 Å². The number of H-pyrrole nitrogens is 1. The highest BCUT2D eigenvalue weighted by molar-refractivity contribution is 7.89. The fourth-order valence-electron chi connectivity index (χ4n) is 2.79. The second kappa shape index (κ2) is 7.35. The summed E-state index contributed by atoms with van der Waals surface area (Å²) in [6.45, 7) is 5.62. The molecule has 9 nitrogen and oxygen atoms in total. The molecule has 0 radical (unpaired) electrons. The van der Waals surface area contributed by atoms with Crippen molar-refractivity contribution in [1.82, 2.24) is 19.1 Å². The van der Waals surface area contributed by atoms with E-state index < -0.39 is 15.6 Å². The van der Waals surface area contributed by atoms with Gasteiger partial charge in [0.05, 0.1) is 19.1 Å². The number of aromatic amines is 1. The monoisotopic (exact) mass is 398 g/mol. The maximum atomic E-state index is 12.8. The normalized spacial score (nSPS) is 12.4. The number of hydrogen-bond donors (Lipinski definition) is 1. The van der Waals surface area contributed by atoms with Crippen LogP contribution in [0.15, 0.2) is 21.8 Å². The number of nitrogens with one attached hydrogen (secondary N) is 1. The van der Waals surface area contributed by atoms with Crippen molar-refractivity contribution in [2.75, 3.05) is 28.3 Å². The first kappa shape index (κ1) is 21.0. The molecule has 0 spiro atoms. The molecule has 0 atom stereocenters. The van der Waals surface area contributed by atoms with E-state index in [0.29, 0.717) is 22.9 Å². The molecular weight excluding hydrogens is 372 g/mol. The third-order valence-electron chi connectivity index (χ3n) is 4.09. The molecule has 1 aromatic heterocycles. The fraction of sp³-hybridized carbons (Fsp3) is 0.529. The first-order valence-electron chi connectivity index (χ1n) is 8.27. The molecule has 2 aromatic rings. The van der Waals surface area contributed by atoms with Crippen LogP contribution in [0.3, 0.4) is 0 Å². The highest BCUT2D eigenvalue weighted by atomic mass is 32.2. The van der Waals surface area contributed by atoms with Gasteiger partial charge in [-0.1, -0.05) is 0 Å². The van der Waals surface area contributed by atoms with Crippen molar-refractivity contribution in [3.05, 3.63) is 34.0 Å². The van der Waals surface area contributed by atoms with Crippen LogP contribution in [0.1, 0.15) is 32.2 Å². The Balaban J connectivity index is 2.72. The number of rotatable bonds is 6. The molecule has 0 aliphatic carbocycles. The van der Waals surface area contributed by atoms with Crippen LogP contribution in [0.25, 0.3) is 0 Å². The molecule has 0 bridgehead atoms. The number of benzene rings is 1. The zero-order chi connectivity index (χ0) is 20.6. The van der Waals surface area contributed by atoms with Crippen LogP contribution in [0.5, 0.6) is 11.5 Å². The third-order valence-corrected chi connectivity index (χ3v) is 5.98. The molecular formula is C17H26N4O5S. The van der Waals surface area contributed by atoms with E-state index >= 15 is 0 Å². The number of aromatic nitrogens is 3. The molecule has 0 amide bonds. The summed E-state index contributed by atoms with van der Waals surface area (Å²) >= 11 is 0. The van der Waals surface area contributed by atoms with Gasteiger partial charge in [0.2, 0.25) is 10.0 Å². The van der Waals surface area contributed by atoms with E-state index in [9.17, 15) is 13.2 Å². The Hall–Kier alpha value is -2.33. The van der Waals surface area contributed by atoms with Gasteiger partial charge in [0.1, 0.15) is 5.82 Å². The number of methoxy groups -OCH3 is 2. The zero-order valence-corrected chi connectivity index (χ0v) is 17.5. The van der Waals surface area contributed by atoms with Crippen molar-refractivity contribution in [2.45, 2.75) is 37.6 Å². The Labute approximate surface area is 159 Å². The van der Waals surface area contributed by atoms with Crippen molar-refractivity contribution in [2.24, 2.45) is 0 Å². The van der Waals surface area contributed by atoms with Gasteiger partial charge in [0, 0.05) is 32.1 Å². The number of nitrogens with zero attached hydrogens (tertiary/aromatic N) is 3. The summed E-state index contributed by atoms with van der Waals surface area (Å²) in [6.07, 6.45) is 0.124. The lowest BCUT2D eigenvalue weighted by Crippen LogP contribution is -2.33. The Morgan fingerprint density at radius 3 is 2.19 bits per heavy atom. The molecule has 150 valence electrons. The van der Waals surface area contributed by atoms with E-state index in [2.05, 4.69) is 10.2 Å². The smallest absolute Gasteiger partial charge is 0.343 e. The molecule has 1 aromatic carbocycles. The van der Waals surface area contributed by atoms with Gasteiger partial charge in [-0.25, -0.2) is 22.6 Å². The fourth-order valence-corrected chi connectivity index (χ4v) is 3.90. The van der Waals surface area contributed by atoms with Gasteiger partial charge in [0.15, 0.2) is 11.5 Å². The van der Waals surface area contributed by atoms with Gasteiger partial charge in [-0.15, -0.1) is 0 Å². The highest BCUT2D eigenvalue weighted by Gasteiger charge is 2.27. The molecule has 2 rings (SSSR count). The molecule has 1 N–H and O–H groups in total. The van der Waals surface area contributed by atoms with Crippen LogP contribution < -0.4 is 15.2 Å². The first-order valence-corrected chi connectivity index (χ1v) is 9.71. The largest absolute Gasteiger partial charge is 0.493 e. The van der Waals surface area contributed by atoms with Crippen LogP contribution in [0.2, 0.25) is 0 Å². The number of ether oxygens (including phenoxy) is 2. The Morgan fingerprint density at radius 1 is 1.15 bits per heavy atom. The minimum atomic E-state index is -3.75. The van der Waals surface area contributed by atoms with Crippen molar-refractivity contribution in [3.63, 3.8) is 0 Å². The average Bonchev–Trinajstić information content (AvgIpc) is 2.94. The summed E-state index contributed by atoms with van der Waals surface area (Å²) < 4.78 is 38.9. The number of sulfonamides is 1. The van der Waals surface area contributed by atoms with E-state index in [-0.39, 0.29) is 17.0 Å². The maximum absolute atomic E-state index is 12.8. The maximum Gasteiger partial charge on any atom is 0.343 e. The molecule has 0 saturated carbocycles. The Kier molecular flexibility index (Phi) is 5.71. The summed E-state index contributed by atoms with van der Waals surface area (Å²) in [5, 5.41) is 6.53. The molecule has 0 fully saturated rings. The summed E-state index contributed by atoms with van der Waals surface area (Å²) in [5.74, 6) is 1.12. The standard InChI is InChI=1S/C17H26N4O5S/c1-17(2,3)21-15(18-19-16(21)22)9-11-8-12(25-6)13(26-7)10-14(11)27(23,24)20(4)5/h8,10H,9H2,1-7H3,(H,19,22). The lowest BCUT2D eigenvalue weighted by atomic mass is 10.1. The van der Waals surface area contributed by atoms with Crippen LogP contribution >= 0.6 is 0 Å². The second-order valence-electron chi connectivity index (χ2n) is 7.23. The minimum Gasteiger partial charge on any atom is -0.493 e. The number of hydrogen-bond acceptors (Lipinski definition) is 6. The third kappa shape index (κ3) is 4.01. The van der Waals surface area contributed by atoms with Gasteiger partial charge < -0.3 is 9.47 Å². The SMILES string of the molecule is COc1cc(Cc2n[nH]c(=O)n2C(C)(C)C)c(S(=O)(=O)N(C)C)cc1OC. The van der Waals surface area contributed by atoms with E-state index in [4.69, 9.17) is 9.47 Å². The first-order chi connectivity index (χ1) is 12.4. The highest BCUT2D eigenvalue weighted by Crippen LogP contribution is 2.34. The molecule has 27 heavy (non-hydrogen) atoms. The van der Waals surface area contributed by atoms with Crippen molar-refractivity contribution < 1.29 is 17.9 Å². The summed E-state index contributed by atoms with van der Waals surface area (Å²) in [4.78, 5) is 12.2. The van der Waals surface area contributed by atoms with Crippen molar-refractivity contribution >= 4 is 10.0 Å². The van der Waals surface area contributed by atoms with Gasteiger partial charge in [-0.2, -0.15) is 5.10 Å². The van der Waals surface area contributed by atoms with Gasteiger partial charge in [0.25, 0.3) is 0 Å². The lowest BCUT2D eigenvalue weighted by molar-refractivity contribution is 0.352. The van der Waals surface area contributed by atoms with E-state index in [1.165, 1.54) is 38.9 Å². The van der Waals surface area contributed by atoms with Crippen LogP contribution in [-0.2, 0) is 22.0 Å². The van der Waals surface area contributed by atoms with E-state index in [0.717, 1.165) is 4.31 Å². The Morgan fingerprint density at radius 2 is 1.70 bits per heavy atom. The second-order valence-corrected chi connectivity index (χ2v) is 9.35. The predicted molar refractivity (Wildman–Crippen MR) is 101 cm³/mol. The quantitative estimate of drug-likeness (QED) is 0.783. The minimum absolute atomic E-state index is 0.0704. The van der Waals surface area contributed by atoms with Crippen molar-refractivity contribution in [3.8, 4) is 11.5 Å². The van der Waals surface area contributed by atoms with E-state index in [1.807, 2.05) is 20.8 Å². The average molecular weight is 398 g/mol. The summed E-state index contributed by atoms with van der Waals surface area (Å²) in [6, 6.07) is 3.02. The van der Waals surface area contributed by atoms with Crippen LogP contribution in [-0.4, -0.2) is 55.8 Å². The molecule has 0 unspecified atom stereocenters. The molecule has 10 heteroatoms. The van der Waals surface area contributed by atoms with Crippen molar-refractivity contribution in [1.29, 1.82) is 0 Å². The van der Waals surface area contributed by atoms with Gasteiger partial charge >= 0.3 is 5.69 Å².